The van der Waals surface area contributed by atoms with Crippen molar-refractivity contribution in [2.24, 2.45) is 0 Å². The second-order valence-electron chi connectivity index (χ2n) is 5.58. The van der Waals surface area contributed by atoms with Gasteiger partial charge in [-0.1, -0.05) is 18.2 Å². The molecule has 0 unspecified atom stereocenters. The number of nitrogens with one attached hydrogen (secondary N) is 1. The molecule has 1 amide bonds. The van der Waals surface area contributed by atoms with Crippen molar-refractivity contribution in [3.63, 3.8) is 0 Å². The minimum atomic E-state index is -0.829. The van der Waals surface area contributed by atoms with Gasteiger partial charge in [-0.15, -0.1) is 0 Å². The van der Waals surface area contributed by atoms with E-state index in [1.807, 2.05) is 31.2 Å². The summed E-state index contributed by atoms with van der Waals surface area (Å²) in [5, 5.41) is 2.74. The van der Waals surface area contributed by atoms with Crippen molar-refractivity contribution in [1.82, 2.24) is 5.32 Å². The Kier molecular flexibility index (Phi) is 6.74. The third-order valence-electron chi connectivity index (χ3n) is 3.79. The zero-order valence-electron chi connectivity index (χ0n) is 14.4. The molecule has 25 heavy (non-hydrogen) atoms. The van der Waals surface area contributed by atoms with Crippen LogP contribution in [0.5, 0.6) is 5.75 Å². The van der Waals surface area contributed by atoms with Crippen LogP contribution in [0.15, 0.2) is 42.5 Å². The lowest BCUT2D eigenvalue weighted by molar-refractivity contribution is -0.123. The Morgan fingerprint density at radius 2 is 1.96 bits per heavy atom. The van der Waals surface area contributed by atoms with Crippen LogP contribution in [0.3, 0.4) is 0 Å². The van der Waals surface area contributed by atoms with Crippen molar-refractivity contribution >= 4 is 11.6 Å². The zero-order valence-corrected chi connectivity index (χ0v) is 14.4. The summed E-state index contributed by atoms with van der Waals surface area (Å²) >= 11 is 0. The molecule has 2 aromatic rings. The van der Waals surface area contributed by atoms with Gasteiger partial charge < -0.3 is 15.0 Å². The van der Waals surface area contributed by atoms with E-state index < -0.39 is 11.6 Å². The first-order chi connectivity index (χ1) is 12.0. The van der Waals surface area contributed by atoms with Crippen LogP contribution in [-0.4, -0.2) is 32.1 Å². The van der Waals surface area contributed by atoms with Gasteiger partial charge in [-0.2, -0.15) is 0 Å². The van der Waals surface area contributed by atoms with Gasteiger partial charge in [-0.25, -0.2) is 8.78 Å². The number of likely N-dealkylation sites (N-methyl/N-ethyl adjacent to an activating group) is 1. The molecule has 0 spiro atoms. The molecule has 0 atom stereocenters. The fourth-order valence-electron chi connectivity index (χ4n) is 2.48. The molecule has 0 aromatic heterocycles. The Morgan fingerprint density at radius 1 is 1.20 bits per heavy atom. The number of hydrogen-bond acceptors (Lipinski definition) is 3. The van der Waals surface area contributed by atoms with Crippen molar-refractivity contribution in [3.05, 3.63) is 59.7 Å². The van der Waals surface area contributed by atoms with E-state index in [0.717, 1.165) is 24.4 Å². The van der Waals surface area contributed by atoms with Gasteiger partial charge in [0.1, 0.15) is 5.82 Å². The van der Waals surface area contributed by atoms with E-state index in [1.165, 1.54) is 5.56 Å². The van der Waals surface area contributed by atoms with Gasteiger partial charge in [-0.3, -0.25) is 4.79 Å². The quantitative estimate of drug-likeness (QED) is 0.796. The Hall–Kier alpha value is -2.63. The summed E-state index contributed by atoms with van der Waals surface area (Å²) in [6, 6.07) is 11.0. The molecule has 0 bridgehead atoms. The Morgan fingerprint density at radius 3 is 2.64 bits per heavy atom. The van der Waals surface area contributed by atoms with E-state index in [2.05, 4.69) is 17.1 Å². The molecule has 0 radical (unpaired) electrons. The number of carbonyl (C=O) groups is 1. The van der Waals surface area contributed by atoms with Crippen LogP contribution in [-0.2, 0) is 4.79 Å². The van der Waals surface area contributed by atoms with Crippen LogP contribution < -0.4 is 15.0 Å². The fourth-order valence-corrected chi connectivity index (χ4v) is 2.48. The number of benzene rings is 2. The number of halogens is 2. The van der Waals surface area contributed by atoms with Crippen LogP contribution in [0.4, 0.5) is 14.5 Å². The number of amides is 1. The highest BCUT2D eigenvalue weighted by Crippen LogP contribution is 2.19. The van der Waals surface area contributed by atoms with Crippen molar-refractivity contribution in [3.8, 4) is 5.75 Å². The number of rotatable bonds is 8. The van der Waals surface area contributed by atoms with Crippen molar-refractivity contribution in [2.75, 3.05) is 31.1 Å². The van der Waals surface area contributed by atoms with E-state index in [4.69, 9.17) is 4.74 Å². The van der Waals surface area contributed by atoms with Gasteiger partial charge in [0.25, 0.3) is 5.91 Å². The van der Waals surface area contributed by atoms with E-state index in [9.17, 15) is 13.6 Å². The van der Waals surface area contributed by atoms with Crippen molar-refractivity contribution in [2.45, 2.75) is 13.8 Å². The topological polar surface area (TPSA) is 41.6 Å². The number of anilines is 1. The fraction of sp³-hybridized carbons (Fsp3) is 0.316. The number of nitrogens with zero attached hydrogens (tertiary/aromatic N) is 1. The molecule has 0 heterocycles. The van der Waals surface area contributed by atoms with E-state index >= 15 is 0 Å². The predicted octanol–water partition coefficient (Wildman–Crippen LogP) is 3.29. The smallest absolute Gasteiger partial charge is 0.258 e. The molecule has 0 saturated heterocycles. The second-order valence-corrected chi connectivity index (χ2v) is 5.58. The highest BCUT2D eigenvalue weighted by Gasteiger charge is 2.10. The first kappa shape index (κ1) is 18.7. The maximum Gasteiger partial charge on any atom is 0.258 e. The van der Waals surface area contributed by atoms with Gasteiger partial charge >= 0.3 is 0 Å². The van der Waals surface area contributed by atoms with Gasteiger partial charge in [0.15, 0.2) is 18.2 Å². The molecule has 0 aliphatic rings. The molecule has 0 aliphatic carbocycles. The lowest BCUT2D eigenvalue weighted by Crippen LogP contribution is -2.37. The van der Waals surface area contributed by atoms with Crippen LogP contribution in [0.25, 0.3) is 0 Å². The minimum Gasteiger partial charge on any atom is -0.481 e. The highest BCUT2D eigenvalue weighted by atomic mass is 19.1. The summed E-state index contributed by atoms with van der Waals surface area (Å²) in [5.41, 5.74) is 2.30. The molecule has 2 aromatic carbocycles. The Balaban J connectivity index is 1.78. The molecule has 4 nitrogen and oxygen atoms in total. The zero-order chi connectivity index (χ0) is 18.2. The standard InChI is InChI=1S/C19H22F2N2O2/c1-3-23(17-7-5-4-6-14(17)2)11-10-22-19(24)13-25-18-9-8-15(20)12-16(18)21/h4-9,12H,3,10-11,13H2,1-2H3,(H,22,24). The van der Waals surface area contributed by atoms with Gasteiger partial charge in [0.05, 0.1) is 0 Å². The maximum absolute atomic E-state index is 13.4. The van der Waals surface area contributed by atoms with Crippen LogP contribution in [0.1, 0.15) is 12.5 Å². The first-order valence-corrected chi connectivity index (χ1v) is 8.16. The maximum atomic E-state index is 13.4. The number of ether oxygens (including phenoxy) is 1. The third-order valence-corrected chi connectivity index (χ3v) is 3.79. The molecular formula is C19H22F2N2O2. The molecule has 0 fully saturated rings. The molecule has 0 aliphatic heterocycles. The molecular weight excluding hydrogens is 326 g/mol. The highest BCUT2D eigenvalue weighted by molar-refractivity contribution is 5.77. The second kappa shape index (κ2) is 9.01. The van der Waals surface area contributed by atoms with E-state index in [0.29, 0.717) is 19.2 Å². The molecule has 1 N–H and O–H groups in total. The number of para-hydroxylation sites is 1. The average Bonchev–Trinajstić information content (AvgIpc) is 2.59. The van der Waals surface area contributed by atoms with Gasteiger partial charge in [0.2, 0.25) is 0 Å². The average molecular weight is 348 g/mol. The van der Waals surface area contributed by atoms with Crippen LogP contribution >= 0.6 is 0 Å². The van der Waals surface area contributed by atoms with Gasteiger partial charge in [-0.05, 0) is 37.6 Å². The number of aryl methyl sites for hydroxylation is 1. The molecule has 6 heteroatoms. The summed E-state index contributed by atoms with van der Waals surface area (Å²) in [6.07, 6.45) is 0. The largest absolute Gasteiger partial charge is 0.481 e. The van der Waals surface area contributed by atoms with E-state index in [-0.39, 0.29) is 18.3 Å². The van der Waals surface area contributed by atoms with E-state index in [1.54, 1.807) is 0 Å². The molecule has 0 saturated carbocycles. The summed E-state index contributed by atoms with van der Waals surface area (Å²) in [6.45, 7) is 5.68. The third kappa shape index (κ3) is 5.45. The Labute approximate surface area is 146 Å². The summed E-state index contributed by atoms with van der Waals surface area (Å²) in [4.78, 5) is 14.0. The van der Waals surface area contributed by atoms with Crippen molar-refractivity contribution < 1.29 is 18.3 Å². The predicted molar refractivity (Wildman–Crippen MR) is 93.9 cm³/mol. The van der Waals surface area contributed by atoms with Gasteiger partial charge in [0, 0.05) is 31.4 Å². The van der Waals surface area contributed by atoms with Crippen LogP contribution in [0, 0.1) is 18.6 Å². The SMILES string of the molecule is CCN(CCNC(=O)COc1ccc(F)cc1F)c1ccccc1C. The summed E-state index contributed by atoms with van der Waals surface area (Å²) in [5.74, 6) is -2.02. The molecule has 2 rings (SSSR count). The Bertz CT molecular complexity index is 722. The lowest BCUT2D eigenvalue weighted by atomic mass is 10.2. The number of hydrogen-bond donors (Lipinski definition) is 1. The van der Waals surface area contributed by atoms with Crippen LogP contribution in [0.2, 0.25) is 0 Å². The monoisotopic (exact) mass is 348 g/mol. The minimum absolute atomic E-state index is 0.147. The normalized spacial score (nSPS) is 10.4. The number of carbonyl (C=O) groups excluding carboxylic acids is 1. The summed E-state index contributed by atoms with van der Waals surface area (Å²) in [7, 11) is 0. The summed E-state index contributed by atoms with van der Waals surface area (Å²) < 4.78 is 31.3. The first-order valence-electron chi connectivity index (χ1n) is 8.16. The van der Waals surface area contributed by atoms with Crippen molar-refractivity contribution in [1.29, 1.82) is 0 Å². The lowest BCUT2D eigenvalue weighted by Gasteiger charge is -2.25. The molecule has 134 valence electrons.